The van der Waals surface area contributed by atoms with Crippen LogP contribution in [-0.2, 0) is 6.54 Å². The number of nitrogens with one attached hydrogen (secondary N) is 1. The number of methoxy groups -OCH3 is 1. The van der Waals surface area contributed by atoms with Gasteiger partial charge in [0.1, 0.15) is 5.75 Å². The van der Waals surface area contributed by atoms with Crippen molar-refractivity contribution >= 4 is 0 Å². The molecule has 2 heterocycles. The second-order valence-electron chi connectivity index (χ2n) is 6.22. The average molecular weight is 291 g/mol. The van der Waals surface area contributed by atoms with Gasteiger partial charge in [0.2, 0.25) is 0 Å². The monoisotopic (exact) mass is 291 g/mol. The van der Waals surface area contributed by atoms with Crippen LogP contribution in [0.2, 0.25) is 0 Å². The highest BCUT2D eigenvalue weighted by Gasteiger charge is 2.25. The number of aryl methyl sites for hydroxylation is 1. The van der Waals surface area contributed by atoms with Gasteiger partial charge in [-0.2, -0.15) is 0 Å². The van der Waals surface area contributed by atoms with Gasteiger partial charge in [0.25, 0.3) is 0 Å². The van der Waals surface area contributed by atoms with Crippen molar-refractivity contribution in [2.24, 2.45) is 0 Å². The van der Waals surface area contributed by atoms with Gasteiger partial charge in [0.05, 0.1) is 12.8 Å². The Balaban J connectivity index is 2.13. The van der Waals surface area contributed by atoms with Crippen LogP contribution in [0.3, 0.4) is 0 Å². The Morgan fingerprint density at radius 3 is 2.86 bits per heavy atom. The molecule has 2 atom stereocenters. The van der Waals surface area contributed by atoms with Crippen molar-refractivity contribution in [2.45, 2.75) is 59.2 Å². The molecule has 1 N–H and O–H groups in total. The van der Waals surface area contributed by atoms with Crippen molar-refractivity contribution in [3.8, 4) is 5.75 Å². The van der Waals surface area contributed by atoms with E-state index in [0.29, 0.717) is 12.1 Å². The first-order valence-corrected chi connectivity index (χ1v) is 8.03. The lowest BCUT2D eigenvalue weighted by Crippen LogP contribution is -2.54. The summed E-state index contributed by atoms with van der Waals surface area (Å²) in [6.07, 6.45) is 4.40. The highest BCUT2D eigenvalue weighted by Crippen LogP contribution is 2.25. The molecule has 1 aliphatic rings. The van der Waals surface area contributed by atoms with Gasteiger partial charge in [0.15, 0.2) is 0 Å². The number of nitrogens with zero attached hydrogens (tertiary/aromatic N) is 2. The predicted octanol–water partition coefficient (Wildman–Crippen LogP) is 2.67. The molecular formula is C17H29N3O. The molecule has 1 aliphatic heterocycles. The zero-order valence-corrected chi connectivity index (χ0v) is 14.1. The molecule has 1 aromatic heterocycles. The average Bonchev–Trinajstić information content (AvgIpc) is 2.46. The van der Waals surface area contributed by atoms with Gasteiger partial charge < -0.3 is 10.1 Å². The third-order valence-corrected chi connectivity index (χ3v) is 4.52. The standard InChI is InChI=1S/C17H29N3O/c1-6-7-15-10-20(13(3)9-18-15)11-16-14(4)17(21-5)12(2)8-19-16/h8,13,15,18H,6-7,9-11H2,1-5H3. The number of hydrogen-bond donors (Lipinski definition) is 1. The summed E-state index contributed by atoms with van der Waals surface area (Å²) in [5, 5.41) is 3.65. The summed E-state index contributed by atoms with van der Waals surface area (Å²) in [6.45, 7) is 11.8. The fourth-order valence-corrected chi connectivity index (χ4v) is 3.18. The van der Waals surface area contributed by atoms with Crippen molar-refractivity contribution in [3.63, 3.8) is 0 Å². The van der Waals surface area contributed by atoms with Gasteiger partial charge in [-0.05, 0) is 27.2 Å². The second kappa shape index (κ2) is 7.23. The summed E-state index contributed by atoms with van der Waals surface area (Å²) >= 11 is 0. The molecule has 0 radical (unpaired) electrons. The van der Waals surface area contributed by atoms with E-state index in [0.717, 1.165) is 36.6 Å². The van der Waals surface area contributed by atoms with Gasteiger partial charge in [-0.25, -0.2) is 0 Å². The van der Waals surface area contributed by atoms with E-state index < -0.39 is 0 Å². The molecular weight excluding hydrogens is 262 g/mol. The minimum absolute atomic E-state index is 0.548. The number of hydrogen-bond acceptors (Lipinski definition) is 4. The molecule has 0 aliphatic carbocycles. The highest BCUT2D eigenvalue weighted by molar-refractivity contribution is 5.41. The fourth-order valence-electron chi connectivity index (χ4n) is 3.18. The SMILES string of the molecule is CCCC1CN(Cc2ncc(C)c(OC)c2C)C(C)CN1. The van der Waals surface area contributed by atoms with Crippen LogP contribution in [0, 0.1) is 13.8 Å². The first-order chi connectivity index (χ1) is 10.1. The van der Waals surface area contributed by atoms with E-state index in [1.165, 1.54) is 18.4 Å². The molecule has 0 amide bonds. The lowest BCUT2D eigenvalue weighted by atomic mass is 10.0. The number of ether oxygens (including phenoxy) is 1. The molecule has 1 aromatic rings. The normalized spacial score (nSPS) is 23.3. The summed E-state index contributed by atoms with van der Waals surface area (Å²) in [5.41, 5.74) is 3.42. The molecule has 0 spiro atoms. The van der Waals surface area contributed by atoms with Crippen LogP contribution >= 0.6 is 0 Å². The smallest absolute Gasteiger partial charge is 0.128 e. The number of aromatic nitrogens is 1. The quantitative estimate of drug-likeness (QED) is 0.905. The van der Waals surface area contributed by atoms with Crippen LogP contribution in [0.15, 0.2) is 6.20 Å². The van der Waals surface area contributed by atoms with Gasteiger partial charge in [-0.15, -0.1) is 0 Å². The third kappa shape index (κ3) is 3.74. The van der Waals surface area contributed by atoms with Crippen LogP contribution in [-0.4, -0.2) is 42.2 Å². The lowest BCUT2D eigenvalue weighted by Gasteiger charge is -2.39. The Bertz CT molecular complexity index is 475. The molecule has 21 heavy (non-hydrogen) atoms. The van der Waals surface area contributed by atoms with Crippen LogP contribution in [0.25, 0.3) is 0 Å². The minimum atomic E-state index is 0.548. The van der Waals surface area contributed by atoms with E-state index in [2.05, 4.69) is 36.0 Å². The van der Waals surface area contributed by atoms with Crippen molar-refractivity contribution in [3.05, 3.63) is 23.0 Å². The van der Waals surface area contributed by atoms with E-state index in [9.17, 15) is 0 Å². The first-order valence-electron chi connectivity index (χ1n) is 8.03. The largest absolute Gasteiger partial charge is 0.496 e. The Labute approximate surface area is 128 Å². The van der Waals surface area contributed by atoms with Crippen molar-refractivity contribution < 1.29 is 4.74 Å². The Morgan fingerprint density at radius 2 is 2.19 bits per heavy atom. The molecule has 118 valence electrons. The summed E-state index contributed by atoms with van der Waals surface area (Å²) in [5.74, 6) is 0.980. The number of pyridine rings is 1. The zero-order chi connectivity index (χ0) is 15.4. The summed E-state index contributed by atoms with van der Waals surface area (Å²) in [7, 11) is 1.74. The first kappa shape index (κ1) is 16.2. The van der Waals surface area contributed by atoms with E-state index in [4.69, 9.17) is 4.74 Å². The molecule has 2 unspecified atom stereocenters. The van der Waals surface area contributed by atoms with Crippen LogP contribution in [0.5, 0.6) is 5.75 Å². The third-order valence-electron chi connectivity index (χ3n) is 4.52. The molecule has 1 saturated heterocycles. The maximum absolute atomic E-state index is 5.52. The maximum atomic E-state index is 5.52. The van der Waals surface area contributed by atoms with Crippen LogP contribution in [0.1, 0.15) is 43.5 Å². The lowest BCUT2D eigenvalue weighted by molar-refractivity contribution is 0.127. The van der Waals surface area contributed by atoms with Crippen LogP contribution in [0.4, 0.5) is 0 Å². The second-order valence-corrected chi connectivity index (χ2v) is 6.22. The van der Waals surface area contributed by atoms with Gasteiger partial charge in [-0.3, -0.25) is 9.88 Å². The van der Waals surface area contributed by atoms with E-state index in [1.54, 1.807) is 7.11 Å². The number of piperazine rings is 1. The zero-order valence-electron chi connectivity index (χ0n) is 14.1. The summed E-state index contributed by atoms with van der Waals surface area (Å²) in [4.78, 5) is 7.19. The number of rotatable bonds is 5. The Morgan fingerprint density at radius 1 is 1.43 bits per heavy atom. The van der Waals surface area contributed by atoms with E-state index in [1.807, 2.05) is 13.1 Å². The van der Waals surface area contributed by atoms with Gasteiger partial charge in [-0.1, -0.05) is 13.3 Å². The molecule has 0 bridgehead atoms. The molecule has 2 rings (SSSR count). The molecule has 0 saturated carbocycles. The topological polar surface area (TPSA) is 37.4 Å². The van der Waals surface area contributed by atoms with Crippen molar-refractivity contribution in [1.29, 1.82) is 0 Å². The summed E-state index contributed by atoms with van der Waals surface area (Å²) < 4.78 is 5.52. The van der Waals surface area contributed by atoms with Crippen molar-refractivity contribution in [1.82, 2.24) is 15.2 Å². The van der Waals surface area contributed by atoms with Crippen molar-refractivity contribution in [2.75, 3.05) is 20.2 Å². The molecule has 4 heteroatoms. The van der Waals surface area contributed by atoms with E-state index in [-0.39, 0.29) is 0 Å². The Kier molecular flexibility index (Phi) is 5.59. The van der Waals surface area contributed by atoms with E-state index >= 15 is 0 Å². The predicted molar refractivity (Wildman–Crippen MR) is 86.8 cm³/mol. The van der Waals surface area contributed by atoms with Gasteiger partial charge in [0, 0.05) is 49.0 Å². The molecule has 1 fully saturated rings. The molecule has 0 aromatic carbocycles. The summed E-state index contributed by atoms with van der Waals surface area (Å²) in [6, 6.07) is 1.16. The molecule has 4 nitrogen and oxygen atoms in total. The minimum Gasteiger partial charge on any atom is -0.496 e. The maximum Gasteiger partial charge on any atom is 0.128 e. The Hall–Kier alpha value is -1.13. The highest BCUT2D eigenvalue weighted by atomic mass is 16.5. The fraction of sp³-hybridized carbons (Fsp3) is 0.706. The van der Waals surface area contributed by atoms with Crippen LogP contribution < -0.4 is 10.1 Å². The van der Waals surface area contributed by atoms with Gasteiger partial charge >= 0.3 is 0 Å².